The van der Waals surface area contributed by atoms with Crippen molar-refractivity contribution < 1.29 is 4.79 Å². The number of nitrogens with two attached hydrogens (primary N) is 1. The van der Waals surface area contributed by atoms with Gasteiger partial charge in [-0.15, -0.1) is 0 Å². The van der Waals surface area contributed by atoms with Crippen molar-refractivity contribution in [1.82, 2.24) is 4.90 Å². The van der Waals surface area contributed by atoms with Crippen LogP contribution in [-0.4, -0.2) is 10.9 Å². The second-order valence-corrected chi connectivity index (χ2v) is 5.48. The molecule has 0 saturated carbocycles. The average Bonchev–Trinajstić information content (AvgIpc) is 2.52. The summed E-state index contributed by atoms with van der Waals surface area (Å²) in [7, 11) is 0. The van der Waals surface area contributed by atoms with Gasteiger partial charge < -0.3 is 5.32 Å². The number of urea groups is 1. The molecule has 3 N–H and O–H groups in total. The summed E-state index contributed by atoms with van der Waals surface area (Å²) >= 11 is 1.20. The van der Waals surface area contributed by atoms with Crippen LogP contribution in [0.4, 0.5) is 10.5 Å². The van der Waals surface area contributed by atoms with Crippen molar-refractivity contribution in [3.8, 4) is 0 Å². The lowest BCUT2D eigenvalue weighted by Crippen LogP contribution is -2.36. The second kappa shape index (κ2) is 5.63. The summed E-state index contributed by atoms with van der Waals surface area (Å²) in [6.45, 7) is 4.54. The number of fused-ring (bicyclic) bond motifs is 1. The Kier molecular flexibility index (Phi) is 3.68. The van der Waals surface area contributed by atoms with Gasteiger partial charge in [0.2, 0.25) is 0 Å². The van der Waals surface area contributed by atoms with Crippen molar-refractivity contribution in [2.45, 2.75) is 11.4 Å². The number of nitrogens with one attached hydrogen (secondary N) is 1. The third-order valence-corrected chi connectivity index (χ3v) is 3.99. The molecule has 1 aliphatic heterocycles. The van der Waals surface area contributed by atoms with E-state index in [0.29, 0.717) is 12.2 Å². The summed E-state index contributed by atoms with van der Waals surface area (Å²) in [6, 6.07) is 15.3. The van der Waals surface area contributed by atoms with Crippen molar-refractivity contribution in [3.05, 3.63) is 66.2 Å². The summed E-state index contributed by atoms with van der Waals surface area (Å²) < 4.78 is 0. The maximum Gasteiger partial charge on any atom is 0.326 e. The van der Waals surface area contributed by atoms with Crippen LogP contribution in [0.1, 0.15) is 11.1 Å². The lowest BCUT2D eigenvalue weighted by Gasteiger charge is -2.31. The van der Waals surface area contributed by atoms with Gasteiger partial charge in [-0.25, -0.2) is 4.79 Å². The minimum absolute atomic E-state index is 0.157. The van der Waals surface area contributed by atoms with E-state index in [1.807, 2.05) is 48.5 Å². The van der Waals surface area contributed by atoms with Crippen molar-refractivity contribution >= 4 is 29.4 Å². The molecule has 2 amide bonds. The van der Waals surface area contributed by atoms with E-state index >= 15 is 0 Å². The Balaban J connectivity index is 1.85. The Bertz CT molecular complexity index is 697. The van der Waals surface area contributed by atoms with Crippen molar-refractivity contribution in [2.24, 2.45) is 5.14 Å². The summed E-state index contributed by atoms with van der Waals surface area (Å²) in [5, 5.41) is 8.39. The minimum Gasteiger partial charge on any atom is -0.307 e. The highest BCUT2D eigenvalue weighted by Gasteiger charge is 2.25. The van der Waals surface area contributed by atoms with Gasteiger partial charge in [-0.3, -0.25) is 10.0 Å². The number of hydrogen-bond acceptors (Lipinski definition) is 3. The Morgan fingerprint density at radius 1 is 1.14 bits per heavy atom. The fourth-order valence-corrected chi connectivity index (χ4v) is 2.61. The molecule has 3 rings (SSSR count). The first-order valence-electron chi connectivity index (χ1n) is 6.51. The first-order valence-corrected chi connectivity index (χ1v) is 7.39. The summed E-state index contributed by atoms with van der Waals surface area (Å²) in [4.78, 5) is 14.9. The fourth-order valence-electron chi connectivity index (χ4n) is 2.32. The molecule has 0 radical (unpaired) electrons. The van der Waals surface area contributed by atoms with Gasteiger partial charge in [0.05, 0.1) is 12.2 Å². The Hall–Kier alpha value is -2.24. The van der Waals surface area contributed by atoms with Crippen LogP contribution in [-0.2, 0) is 6.54 Å². The standard InChI is InChI=1S/C16H15N3OS/c1-11-14-4-2-3-5-15(14)18-16(20)19(11)10-12-6-8-13(21-17)9-7-12/h2-9H,1,10,17H2,(H,18,20). The molecular weight excluding hydrogens is 282 g/mol. The molecule has 0 spiro atoms. The predicted octanol–water partition coefficient (Wildman–Crippen LogP) is 3.67. The number of nitrogens with zero attached hydrogens (tertiary/aromatic N) is 1. The van der Waals surface area contributed by atoms with Gasteiger partial charge in [-0.05, 0) is 35.7 Å². The zero-order valence-corrected chi connectivity index (χ0v) is 12.2. The molecule has 1 aliphatic rings. The van der Waals surface area contributed by atoms with Crippen LogP contribution in [0.5, 0.6) is 0 Å². The molecule has 0 aromatic heterocycles. The SMILES string of the molecule is C=C1c2ccccc2NC(=O)N1Cc1ccc(SN)cc1. The minimum atomic E-state index is -0.157. The maximum atomic E-state index is 12.2. The topological polar surface area (TPSA) is 58.4 Å². The number of benzene rings is 2. The van der Waals surface area contributed by atoms with Gasteiger partial charge in [-0.2, -0.15) is 0 Å². The van der Waals surface area contributed by atoms with Gasteiger partial charge in [0.1, 0.15) is 0 Å². The van der Waals surface area contributed by atoms with Crippen LogP contribution >= 0.6 is 11.9 Å². The molecule has 21 heavy (non-hydrogen) atoms. The molecule has 0 atom stereocenters. The van der Waals surface area contributed by atoms with Crippen LogP contribution in [0.25, 0.3) is 5.70 Å². The van der Waals surface area contributed by atoms with Crippen LogP contribution in [0.15, 0.2) is 60.0 Å². The van der Waals surface area contributed by atoms with Crippen LogP contribution in [0.2, 0.25) is 0 Å². The largest absolute Gasteiger partial charge is 0.326 e. The zero-order valence-electron chi connectivity index (χ0n) is 11.4. The highest BCUT2D eigenvalue weighted by atomic mass is 32.2. The third kappa shape index (κ3) is 2.66. The highest BCUT2D eigenvalue weighted by molar-refractivity contribution is 7.97. The number of carbonyl (C=O) groups is 1. The Morgan fingerprint density at radius 3 is 2.57 bits per heavy atom. The Labute approximate surface area is 127 Å². The molecule has 4 nitrogen and oxygen atoms in total. The van der Waals surface area contributed by atoms with E-state index in [9.17, 15) is 4.79 Å². The molecule has 0 saturated heterocycles. The van der Waals surface area contributed by atoms with E-state index in [0.717, 1.165) is 21.7 Å². The lowest BCUT2D eigenvalue weighted by atomic mass is 10.1. The van der Waals surface area contributed by atoms with E-state index in [1.165, 1.54) is 11.9 Å². The number of anilines is 1. The van der Waals surface area contributed by atoms with E-state index in [4.69, 9.17) is 5.14 Å². The molecule has 0 bridgehead atoms. The number of carbonyl (C=O) groups excluding carboxylic acids is 1. The van der Waals surface area contributed by atoms with E-state index in [-0.39, 0.29) is 6.03 Å². The molecule has 2 aromatic carbocycles. The summed E-state index contributed by atoms with van der Waals surface area (Å²) in [5.41, 5.74) is 3.50. The maximum absolute atomic E-state index is 12.2. The van der Waals surface area contributed by atoms with Gasteiger partial charge in [0.25, 0.3) is 0 Å². The Morgan fingerprint density at radius 2 is 1.86 bits per heavy atom. The van der Waals surface area contributed by atoms with E-state index in [2.05, 4.69) is 11.9 Å². The zero-order chi connectivity index (χ0) is 14.8. The van der Waals surface area contributed by atoms with Crippen LogP contribution < -0.4 is 10.5 Å². The first kappa shape index (κ1) is 13.7. The quantitative estimate of drug-likeness (QED) is 0.850. The number of amides is 2. The third-order valence-electron chi connectivity index (χ3n) is 3.45. The number of para-hydroxylation sites is 1. The summed E-state index contributed by atoms with van der Waals surface area (Å²) in [5.74, 6) is 0. The van der Waals surface area contributed by atoms with Crippen LogP contribution in [0, 0.1) is 0 Å². The van der Waals surface area contributed by atoms with Gasteiger partial charge in [-0.1, -0.05) is 36.9 Å². The van der Waals surface area contributed by atoms with E-state index < -0.39 is 0 Å². The van der Waals surface area contributed by atoms with Crippen LogP contribution in [0.3, 0.4) is 0 Å². The normalized spacial score (nSPS) is 13.9. The molecular formula is C16H15N3OS. The van der Waals surface area contributed by atoms with Crippen molar-refractivity contribution in [1.29, 1.82) is 0 Å². The molecule has 2 aromatic rings. The smallest absolute Gasteiger partial charge is 0.307 e. The van der Waals surface area contributed by atoms with Gasteiger partial charge >= 0.3 is 6.03 Å². The molecule has 0 aliphatic carbocycles. The van der Waals surface area contributed by atoms with Crippen molar-refractivity contribution in [2.75, 3.05) is 5.32 Å². The predicted molar refractivity (Wildman–Crippen MR) is 86.5 cm³/mol. The molecule has 0 fully saturated rings. The number of rotatable bonds is 3. The monoisotopic (exact) mass is 297 g/mol. The highest BCUT2D eigenvalue weighted by Crippen LogP contribution is 2.31. The van der Waals surface area contributed by atoms with Gasteiger partial charge in [0.15, 0.2) is 0 Å². The second-order valence-electron chi connectivity index (χ2n) is 4.77. The number of hydrogen-bond donors (Lipinski definition) is 2. The molecule has 0 unspecified atom stereocenters. The van der Waals surface area contributed by atoms with Gasteiger partial charge in [0, 0.05) is 16.2 Å². The molecule has 106 valence electrons. The first-order chi connectivity index (χ1) is 10.2. The lowest BCUT2D eigenvalue weighted by molar-refractivity contribution is 0.229. The molecule has 1 heterocycles. The van der Waals surface area contributed by atoms with E-state index in [1.54, 1.807) is 4.90 Å². The summed E-state index contributed by atoms with van der Waals surface area (Å²) in [6.07, 6.45) is 0. The average molecular weight is 297 g/mol. The van der Waals surface area contributed by atoms with Crippen molar-refractivity contribution in [3.63, 3.8) is 0 Å². The molecule has 5 heteroatoms. The fraction of sp³-hybridized carbons (Fsp3) is 0.0625.